The van der Waals surface area contributed by atoms with E-state index in [1.165, 1.54) is 32.5 Å². The fraction of sp³-hybridized carbons (Fsp3) is 0.350. The predicted octanol–water partition coefficient (Wildman–Crippen LogP) is 3.17. The normalized spacial score (nSPS) is 23.1. The summed E-state index contributed by atoms with van der Waals surface area (Å²) in [5, 5.41) is 2.48. The molecule has 0 unspecified atom stereocenters. The van der Waals surface area contributed by atoms with Crippen LogP contribution in [0.1, 0.15) is 35.8 Å². The standard InChI is InChI=1S/C20H19F3N6O2/c1-19(25-2)6-7-20(17(22)23,29-18(19)24)12-8-11(4-5-13(12)21)28-16(30)14-9-27-15(31-3)10-26-14/h4-5,8-10,17H,6-7H2,1,3H3,(H2,24,29)(H,28,30)/t19-,20-/m0/s1. The molecule has 3 rings (SSSR count). The number of hydrogen-bond acceptors (Lipinski definition) is 6. The molecule has 1 aromatic heterocycles. The number of aliphatic imine (C=N–C) groups is 1. The monoisotopic (exact) mass is 432 g/mol. The molecule has 11 heteroatoms. The van der Waals surface area contributed by atoms with Crippen molar-refractivity contribution in [1.82, 2.24) is 9.97 Å². The summed E-state index contributed by atoms with van der Waals surface area (Å²) in [6, 6.07) is 3.28. The summed E-state index contributed by atoms with van der Waals surface area (Å²) in [6.45, 7) is 8.76. The highest BCUT2D eigenvalue weighted by atomic mass is 19.3. The van der Waals surface area contributed by atoms with Crippen LogP contribution >= 0.6 is 0 Å². The Hall–Kier alpha value is -3.68. The van der Waals surface area contributed by atoms with Gasteiger partial charge in [0.05, 0.1) is 19.5 Å². The van der Waals surface area contributed by atoms with Crippen molar-refractivity contribution in [2.24, 2.45) is 10.7 Å². The Morgan fingerprint density at radius 1 is 1.32 bits per heavy atom. The van der Waals surface area contributed by atoms with Gasteiger partial charge in [-0.25, -0.2) is 34.7 Å². The highest BCUT2D eigenvalue weighted by Gasteiger charge is 2.52. The molecular weight excluding hydrogens is 413 g/mol. The molecule has 0 fully saturated rings. The lowest BCUT2D eigenvalue weighted by atomic mass is 9.78. The minimum Gasteiger partial charge on any atom is -0.480 e. The Bertz CT molecular complexity index is 1070. The Balaban J connectivity index is 1.97. The molecule has 2 atom stereocenters. The van der Waals surface area contributed by atoms with Gasteiger partial charge in [-0.3, -0.25) is 4.79 Å². The Labute approximate surface area is 176 Å². The van der Waals surface area contributed by atoms with Crippen molar-refractivity contribution in [3.05, 3.63) is 59.1 Å². The Kier molecular flexibility index (Phi) is 5.83. The van der Waals surface area contributed by atoms with E-state index in [2.05, 4.69) is 25.1 Å². The second-order valence-corrected chi connectivity index (χ2v) is 7.20. The third-order valence-corrected chi connectivity index (χ3v) is 5.23. The largest absolute Gasteiger partial charge is 0.480 e. The number of hydrogen-bond donors (Lipinski definition) is 2. The maximum absolute atomic E-state index is 14.7. The maximum Gasteiger partial charge on any atom is 0.285 e. The van der Waals surface area contributed by atoms with Crippen LogP contribution < -0.4 is 15.8 Å². The number of benzene rings is 1. The first-order valence-electron chi connectivity index (χ1n) is 9.15. The number of methoxy groups -OCH3 is 1. The minimum absolute atomic E-state index is 0.0202. The Morgan fingerprint density at radius 2 is 2.06 bits per heavy atom. The van der Waals surface area contributed by atoms with Crippen molar-refractivity contribution in [3.63, 3.8) is 0 Å². The van der Waals surface area contributed by atoms with Crippen LogP contribution in [0.3, 0.4) is 0 Å². The van der Waals surface area contributed by atoms with Gasteiger partial charge in [-0.1, -0.05) is 0 Å². The molecular formula is C20H19F3N6O2. The van der Waals surface area contributed by atoms with E-state index in [4.69, 9.17) is 17.0 Å². The molecule has 2 heterocycles. The van der Waals surface area contributed by atoms with Crippen LogP contribution in [0.4, 0.5) is 18.9 Å². The van der Waals surface area contributed by atoms with E-state index in [0.29, 0.717) is 0 Å². The van der Waals surface area contributed by atoms with E-state index in [0.717, 1.165) is 12.1 Å². The Morgan fingerprint density at radius 3 is 2.61 bits per heavy atom. The van der Waals surface area contributed by atoms with E-state index in [1.807, 2.05) is 0 Å². The zero-order chi connectivity index (χ0) is 22.8. The number of carbonyl (C=O) groups is 1. The van der Waals surface area contributed by atoms with Crippen molar-refractivity contribution in [1.29, 1.82) is 0 Å². The van der Waals surface area contributed by atoms with Crippen molar-refractivity contribution in [3.8, 4) is 5.88 Å². The van der Waals surface area contributed by atoms with Gasteiger partial charge in [0.25, 0.3) is 17.9 Å². The zero-order valence-corrected chi connectivity index (χ0v) is 16.7. The SMILES string of the molecule is [C-]#[N+][C@@]1(C)CC[C@](c2cc(NC(=O)c3cnc(OC)cn3)ccc2F)(C(F)F)N=C1N. The molecule has 1 amide bonds. The van der Waals surface area contributed by atoms with E-state index in [9.17, 15) is 18.0 Å². The van der Waals surface area contributed by atoms with Crippen molar-refractivity contribution < 1.29 is 22.7 Å². The molecule has 0 radical (unpaired) electrons. The number of amides is 1. The van der Waals surface area contributed by atoms with Crippen LogP contribution in [0, 0.1) is 12.4 Å². The first-order chi connectivity index (χ1) is 14.6. The summed E-state index contributed by atoms with van der Waals surface area (Å²) in [6.07, 6.45) is -0.980. The lowest BCUT2D eigenvalue weighted by Gasteiger charge is -2.36. The summed E-state index contributed by atoms with van der Waals surface area (Å²) in [5.74, 6) is -1.67. The number of carbonyl (C=O) groups excluding carboxylic acids is 1. The zero-order valence-electron chi connectivity index (χ0n) is 16.7. The molecule has 1 aromatic carbocycles. The second kappa shape index (κ2) is 8.22. The summed E-state index contributed by atoms with van der Waals surface area (Å²) >= 11 is 0. The summed E-state index contributed by atoms with van der Waals surface area (Å²) in [5.41, 5.74) is 1.92. The van der Waals surface area contributed by atoms with Crippen LogP contribution in [0.25, 0.3) is 4.85 Å². The third kappa shape index (κ3) is 4.01. The van der Waals surface area contributed by atoms with Crippen molar-refractivity contribution >= 4 is 17.4 Å². The number of nitrogens with one attached hydrogen (secondary N) is 1. The second-order valence-electron chi connectivity index (χ2n) is 7.20. The minimum atomic E-state index is -3.09. The first kappa shape index (κ1) is 22.0. The molecule has 0 spiro atoms. The number of rotatable bonds is 5. The number of nitrogens with two attached hydrogens (primary N) is 1. The van der Waals surface area contributed by atoms with Crippen molar-refractivity contribution in [2.45, 2.75) is 37.3 Å². The van der Waals surface area contributed by atoms with Gasteiger partial charge in [-0.15, -0.1) is 0 Å². The van der Waals surface area contributed by atoms with Crippen LogP contribution in [0.5, 0.6) is 5.88 Å². The average molecular weight is 432 g/mol. The van der Waals surface area contributed by atoms with Gasteiger partial charge < -0.3 is 20.6 Å². The number of halogens is 3. The lowest BCUT2D eigenvalue weighted by molar-refractivity contribution is 0.0396. The quantitative estimate of drug-likeness (QED) is 0.706. The van der Waals surface area contributed by atoms with Crippen LogP contribution in [0.15, 0.2) is 35.6 Å². The van der Waals surface area contributed by atoms with Gasteiger partial charge in [0.1, 0.15) is 11.5 Å². The number of nitrogens with zero attached hydrogens (tertiary/aromatic N) is 4. The maximum atomic E-state index is 14.7. The molecule has 0 saturated heterocycles. The number of ether oxygens (including phenoxy) is 1. The fourth-order valence-electron chi connectivity index (χ4n) is 3.21. The summed E-state index contributed by atoms with van der Waals surface area (Å²) in [4.78, 5) is 27.4. The van der Waals surface area contributed by atoms with E-state index >= 15 is 0 Å². The van der Waals surface area contributed by atoms with Gasteiger partial charge in [-0.2, -0.15) is 0 Å². The molecule has 1 aliphatic heterocycles. The molecule has 0 saturated carbocycles. The van der Waals surface area contributed by atoms with Crippen LogP contribution in [-0.2, 0) is 5.54 Å². The number of alkyl halides is 2. The molecule has 162 valence electrons. The average Bonchev–Trinajstić information content (AvgIpc) is 2.77. The van der Waals surface area contributed by atoms with Crippen LogP contribution in [0.2, 0.25) is 0 Å². The predicted molar refractivity (Wildman–Crippen MR) is 106 cm³/mol. The van der Waals surface area contributed by atoms with Crippen molar-refractivity contribution in [2.75, 3.05) is 12.4 Å². The van der Waals surface area contributed by atoms with E-state index < -0.39 is 34.8 Å². The molecule has 8 nitrogen and oxygen atoms in total. The molecule has 0 bridgehead atoms. The highest BCUT2D eigenvalue weighted by molar-refractivity contribution is 6.02. The molecule has 31 heavy (non-hydrogen) atoms. The first-order valence-corrected chi connectivity index (χ1v) is 9.15. The van der Waals surface area contributed by atoms with E-state index in [-0.39, 0.29) is 35.9 Å². The smallest absolute Gasteiger partial charge is 0.285 e. The number of amidine groups is 1. The van der Waals surface area contributed by atoms with Gasteiger partial charge in [0.2, 0.25) is 5.88 Å². The van der Waals surface area contributed by atoms with Gasteiger partial charge in [-0.05, 0) is 24.6 Å². The molecule has 2 aromatic rings. The number of anilines is 1. The summed E-state index contributed by atoms with van der Waals surface area (Å²) in [7, 11) is 1.39. The number of aromatic nitrogens is 2. The molecule has 3 N–H and O–H groups in total. The molecule has 0 aliphatic carbocycles. The fourth-order valence-corrected chi connectivity index (χ4v) is 3.21. The highest BCUT2D eigenvalue weighted by Crippen LogP contribution is 2.45. The van der Waals surface area contributed by atoms with Crippen LogP contribution in [-0.4, -0.2) is 40.8 Å². The van der Waals surface area contributed by atoms with Gasteiger partial charge in [0, 0.05) is 24.6 Å². The lowest BCUT2D eigenvalue weighted by Crippen LogP contribution is -2.49. The summed E-state index contributed by atoms with van der Waals surface area (Å²) < 4.78 is 47.9. The molecule has 1 aliphatic rings. The van der Waals surface area contributed by atoms with Gasteiger partial charge >= 0.3 is 0 Å². The van der Waals surface area contributed by atoms with Gasteiger partial charge in [0.15, 0.2) is 11.4 Å². The third-order valence-electron chi connectivity index (χ3n) is 5.23. The van der Waals surface area contributed by atoms with E-state index in [1.54, 1.807) is 0 Å². The topological polar surface area (TPSA) is 107 Å².